The molecule has 2 unspecified atom stereocenters. The summed E-state index contributed by atoms with van der Waals surface area (Å²) in [6.07, 6.45) is 1.21. The smallest absolute Gasteiger partial charge is 0.322 e. The summed E-state index contributed by atoms with van der Waals surface area (Å²) in [6, 6.07) is 1.22. The fourth-order valence-corrected chi connectivity index (χ4v) is 3.36. The first-order valence-electron chi connectivity index (χ1n) is 9.71. The highest BCUT2D eigenvalue weighted by molar-refractivity contribution is 6.34. The number of halogens is 2. The van der Waals surface area contributed by atoms with Crippen molar-refractivity contribution >= 4 is 41.1 Å². The van der Waals surface area contributed by atoms with Crippen molar-refractivity contribution < 1.29 is 28.4 Å². The highest BCUT2D eigenvalue weighted by atomic mass is 35.5. The number of nitrogens with two attached hydrogens (primary N) is 1. The van der Waals surface area contributed by atoms with Crippen LogP contribution in [0.5, 0.6) is 0 Å². The van der Waals surface area contributed by atoms with E-state index in [0.717, 1.165) is 6.07 Å². The lowest BCUT2D eigenvalue weighted by Crippen LogP contribution is -2.37. The molecule has 0 bridgehead atoms. The van der Waals surface area contributed by atoms with E-state index in [0.29, 0.717) is 5.69 Å². The molecule has 12 nitrogen and oxygen atoms in total. The van der Waals surface area contributed by atoms with Gasteiger partial charge in [0.2, 0.25) is 11.8 Å². The summed E-state index contributed by atoms with van der Waals surface area (Å²) in [5.74, 6) is -3.23. The second-order valence-corrected chi connectivity index (χ2v) is 7.55. The molecular weight excluding hydrogens is 461 g/mol. The standard InChI is InChI=1S/C19H19ClFN7O5/c20-16-10(2-1-3-11(16)21)14(29)7-23-18(32)13(4-5-15(22)30)28-8-9(26-27-28)6-12-17(31)25-19(33)24-12/h1-3,8,12-13H,4-7H2,(H2,22,30)(H,23,32)(H2,24,25,31,33). The van der Waals surface area contributed by atoms with E-state index in [4.69, 9.17) is 17.3 Å². The van der Waals surface area contributed by atoms with Crippen LogP contribution in [0.1, 0.15) is 34.9 Å². The minimum Gasteiger partial charge on any atom is -0.370 e. The van der Waals surface area contributed by atoms with Crippen molar-refractivity contribution in [2.45, 2.75) is 31.3 Å². The summed E-state index contributed by atoms with van der Waals surface area (Å²) in [6.45, 7) is -0.481. The predicted octanol–water partition coefficient (Wildman–Crippen LogP) is -0.373. The van der Waals surface area contributed by atoms with Crippen molar-refractivity contribution in [1.82, 2.24) is 30.9 Å². The molecule has 33 heavy (non-hydrogen) atoms. The van der Waals surface area contributed by atoms with Crippen molar-refractivity contribution in [2.24, 2.45) is 5.73 Å². The summed E-state index contributed by atoms with van der Waals surface area (Å²) in [7, 11) is 0. The number of hydrogen-bond acceptors (Lipinski definition) is 7. The SMILES string of the molecule is NC(=O)CCC(C(=O)NCC(=O)c1cccc(F)c1Cl)n1cc(CC2NC(=O)NC2=O)nn1. The van der Waals surface area contributed by atoms with Crippen LogP contribution in [0.3, 0.4) is 0 Å². The lowest BCUT2D eigenvalue weighted by atomic mass is 10.1. The third-order valence-electron chi connectivity index (χ3n) is 4.79. The Bertz CT molecular complexity index is 1120. The van der Waals surface area contributed by atoms with E-state index in [1.807, 2.05) is 0 Å². The maximum absolute atomic E-state index is 13.6. The minimum atomic E-state index is -1.05. The highest BCUT2D eigenvalue weighted by Gasteiger charge is 2.31. The first kappa shape index (κ1) is 23.8. The molecule has 2 aromatic rings. The zero-order chi connectivity index (χ0) is 24.1. The van der Waals surface area contributed by atoms with Gasteiger partial charge in [-0.15, -0.1) is 5.10 Å². The van der Waals surface area contributed by atoms with Crippen molar-refractivity contribution in [2.75, 3.05) is 6.54 Å². The number of carbonyl (C=O) groups is 5. The number of primary amides is 1. The van der Waals surface area contributed by atoms with E-state index < -0.39 is 54.0 Å². The van der Waals surface area contributed by atoms with Gasteiger partial charge in [0.25, 0.3) is 5.91 Å². The van der Waals surface area contributed by atoms with Gasteiger partial charge < -0.3 is 16.4 Å². The van der Waals surface area contributed by atoms with Gasteiger partial charge in [-0.05, 0) is 18.6 Å². The van der Waals surface area contributed by atoms with Crippen molar-refractivity contribution in [3.63, 3.8) is 0 Å². The molecule has 2 atom stereocenters. The van der Waals surface area contributed by atoms with Crippen LogP contribution < -0.4 is 21.7 Å². The van der Waals surface area contributed by atoms with Gasteiger partial charge in [-0.3, -0.25) is 24.5 Å². The number of rotatable bonds is 10. The number of hydrogen-bond donors (Lipinski definition) is 4. The highest BCUT2D eigenvalue weighted by Crippen LogP contribution is 2.20. The van der Waals surface area contributed by atoms with Crippen LogP contribution in [0.25, 0.3) is 0 Å². The minimum absolute atomic E-state index is 0.0261. The maximum atomic E-state index is 13.6. The molecule has 0 radical (unpaired) electrons. The average molecular weight is 480 g/mol. The first-order chi connectivity index (χ1) is 15.7. The Morgan fingerprint density at radius 3 is 2.73 bits per heavy atom. The third kappa shape index (κ3) is 5.88. The molecule has 174 valence electrons. The lowest BCUT2D eigenvalue weighted by molar-refractivity contribution is -0.125. The number of Topliss-reactive ketones (excluding diaryl/α,β-unsaturated/α-hetero) is 1. The quantitative estimate of drug-likeness (QED) is 0.265. The van der Waals surface area contributed by atoms with Crippen molar-refractivity contribution in [1.29, 1.82) is 0 Å². The van der Waals surface area contributed by atoms with Gasteiger partial charge in [-0.2, -0.15) is 0 Å². The molecule has 0 aliphatic carbocycles. The molecule has 3 rings (SSSR count). The van der Waals surface area contributed by atoms with E-state index in [9.17, 15) is 28.4 Å². The topological polar surface area (TPSA) is 178 Å². The number of carbonyl (C=O) groups excluding carboxylic acids is 5. The monoisotopic (exact) mass is 479 g/mol. The van der Waals surface area contributed by atoms with Gasteiger partial charge in [0.15, 0.2) is 5.78 Å². The molecule has 14 heteroatoms. The number of nitrogens with one attached hydrogen (secondary N) is 3. The second kappa shape index (κ2) is 10.2. The molecule has 0 spiro atoms. The Morgan fingerprint density at radius 2 is 2.06 bits per heavy atom. The fourth-order valence-electron chi connectivity index (χ4n) is 3.13. The number of ketones is 1. The van der Waals surface area contributed by atoms with E-state index in [2.05, 4.69) is 26.3 Å². The zero-order valence-corrected chi connectivity index (χ0v) is 17.8. The number of aromatic nitrogens is 3. The first-order valence-corrected chi connectivity index (χ1v) is 10.1. The van der Waals surface area contributed by atoms with Gasteiger partial charge in [0.1, 0.15) is 17.9 Å². The second-order valence-electron chi connectivity index (χ2n) is 7.17. The summed E-state index contributed by atoms with van der Waals surface area (Å²) >= 11 is 5.80. The number of urea groups is 1. The van der Waals surface area contributed by atoms with Gasteiger partial charge in [0, 0.05) is 24.6 Å². The van der Waals surface area contributed by atoms with Gasteiger partial charge in [-0.25, -0.2) is 13.9 Å². The Kier molecular flexibility index (Phi) is 7.33. The molecule has 5 N–H and O–H groups in total. The summed E-state index contributed by atoms with van der Waals surface area (Å²) < 4.78 is 14.7. The molecule has 1 aliphatic rings. The van der Waals surface area contributed by atoms with E-state index >= 15 is 0 Å². The molecule has 0 saturated carbocycles. The number of benzene rings is 1. The van der Waals surface area contributed by atoms with Crippen LogP contribution >= 0.6 is 11.6 Å². The molecule has 5 amide bonds. The largest absolute Gasteiger partial charge is 0.370 e. The average Bonchev–Trinajstić information content (AvgIpc) is 3.34. The van der Waals surface area contributed by atoms with Crippen molar-refractivity contribution in [3.05, 3.63) is 46.5 Å². The van der Waals surface area contributed by atoms with Gasteiger partial charge in [-0.1, -0.05) is 22.9 Å². The lowest BCUT2D eigenvalue weighted by Gasteiger charge is -2.16. The predicted molar refractivity (Wildman–Crippen MR) is 110 cm³/mol. The Labute approximate surface area is 191 Å². The normalized spacial score (nSPS) is 16.1. The van der Waals surface area contributed by atoms with Gasteiger partial charge in [0.05, 0.1) is 17.3 Å². The van der Waals surface area contributed by atoms with Crippen molar-refractivity contribution in [3.8, 4) is 0 Å². The van der Waals surface area contributed by atoms with Crippen LogP contribution in [0.15, 0.2) is 24.4 Å². The summed E-state index contributed by atoms with van der Waals surface area (Å²) in [5, 5.41) is 14.3. The third-order valence-corrected chi connectivity index (χ3v) is 5.18. The van der Waals surface area contributed by atoms with E-state index in [1.54, 1.807) is 0 Å². The molecule has 1 aromatic carbocycles. The Morgan fingerprint density at radius 1 is 1.30 bits per heavy atom. The number of nitrogens with zero attached hydrogens (tertiary/aromatic N) is 3. The van der Waals surface area contributed by atoms with Crippen LogP contribution in [-0.4, -0.2) is 57.1 Å². The Hall–Kier alpha value is -3.87. The van der Waals surface area contributed by atoms with E-state index in [-0.39, 0.29) is 29.8 Å². The molecule has 1 aliphatic heterocycles. The van der Waals surface area contributed by atoms with E-state index in [1.165, 1.54) is 23.0 Å². The van der Waals surface area contributed by atoms with Gasteiger partial charge >= 0.3 is 6.03 Å². The molecule has 1 fully saturated rings. The zero-order valence-electron chi connectivity index (χ0n) is 17.0. The van der Waals surface area contributed by atoms with Crippen LogP contribution in [-0.2, 0) is 20.8 Å². The summed E-state index contributed by atoms with van der Waals surface area (Å²) in [4.78, 5) is 59.3. The van der Waals surface area contributed by atoms with Crippen LogP contribution in [0, 0.1) is 5.82 Å². The van der Waals surface area contributed by atoms with Crippen LogP contribution in [0.2, 0.25) is 5.02 Å². The molecule has 1 saturated heterocycles. The maximum Gasteiger partial charge on any atom is 0.322 e. The number of amides is 5. The fraction of sp³-hybridized carbons (Fsp3) is 0.316. The molecule has 1 aromatic heterocycles. The molecule has 2 heterocycles. The summed E-state index contributed by atoms with van der Waals surface area (Å²) in [5.41, 5.74) is 5.40. The van der Waals surface area contributed by atoms with Crippen LogP contribution in [0.4, 0.5) is 9.18 Å². The number of imide groups is 1. The Balaban J connectivity index is 1.69. The molecular formula is C19H19ClFN7O5.